The van der Waals surface area contributed by atoms with E-state index in [-0.39, 0.29) is 43.2 Å². The van der Waals surface area contributed by atoms with E-state index >= 15 is 0 Å². The Bertz CT molecular complexity index is 1660. The minimum atomic E-state index is -1.24. The van der Waals surface area contributed by atoms with E-state index < -0.39 is 66.2 Å². The maximum atomic E-state index is 14.5. The largest absolute Gasteiger partial charge is 0.449 e. The molecule has 2 aliphatic rings. The first-order valence-corrected chi connectivity index (χ1v) is 19.8. The molecule has 14 heteroatoms. The van der Waals surface area contributed by atoms with Gasteiger partial charge in [-0.25, -0.2) is 4.79 Å². The molecule has 0 spiro atoms. The minimum Gasteiger partial charge on any atom is -0.449 e. The van der Waals surface area contributed by atoms with Crippen molar-refractivity contribution in [2.24, 2.45) is 11.8 Å². The number of ether oxygens (including phenoxy) is 1. The van der Waals surface area contributed by atoms with E-state index in [4.69, 9.17) is 4.74 Å². The lowest BCUT2D eigenvalue weighted by Crippen LogP contribution is -2.59. The van der Waals surface area contributed by atoms with Crippen molar-refractivity contribution in [2.75, 3.05) is 33.8 Å². The summed E-state index contributed by atoms with van der Waals surface area (Å²) >= 11 is 0. The minimum absolute atomic E-state index is 0.103. The Morgan fingerprint density at radius 2 is 1.48 bits per heavy atom. The van der Waals surface area contributed by atoms with Crippen LogP contribution in [-0.2, 0) is 33.5 Å². The summed E-state index contributed by atoms with van der Waals surface area (Å²) < 4.78 is 5.41. The Kier molecular flexibility index (Phi) is 16.4. The van der Waals surface area contributed by atoms with Gasteiger partial charge in [0.25, 0.3) is 5.91 Å². The zero-order valence-electron chi connectivity index (χ0n) is 33.3. The molecule has 4 rings (SSSR count). The number of rotatable bonds is 17. The van der Waals surface area contributed by atoms with E-state index in [0.29, 0.717) is 18.4 Å². The molecule has 304 valence electrons. The fraction of sp³-hybridized carbons (Fsp3) is 0.548. The monoisotopic (exact) mass is 774 g/mol. The number of carbonyl (C=O) groups is 7. The van der Waals surface area contributed by atoms with E-state index in [1.165, 1.54) is 9.80 Å². The Hall–Kier alpha value is -5.27. The highest BCUT2D eigenvalue weighted by atomic mass is 16.5. The van der Waals surface area contributed by atoms with Gasteiger partial charge in [-0.2, -0.15) is 0 Å². The average molecular weight is 775 g/mol. The van der Waals surface area contributed by atoms with E-state index in [2.05, 4.69) is 21.3 Å². The summed E-state index contributed by atoms with van der Waals surface area (Å²) in [4.78, 5) is 97.3. The van der Waals surface area contributed by atoms with Gasteiger partial charge in [0.05, 0.1) is 19.2 Å². The van der Waals surface area contributed by atoms with E-state index in [1.807, 2.05) is 44.2 Å². The van der Waals surface area contributed by atoms with Gasteiger partial charge in [-0.3, -0.25) is 28.8 Å². The molecule has 2 aromatic carbocycles. The number of likely N-dealkylation sites (tertiary alicyclic amines) is 1. The molecule has 14 nitrogen and oxygen atoms in total. The number of benzene rings is 2. The molecule has 56 heavy (non-hydrogen) atoms. The maximum Gasteiger partial charge on any atom is 0.407 e. The van der Waals surface area contributed by atoms with E-state index in [1.54, 1.807) is 51.4 Å². The molecule has 2 aromatic rings. The van der Waals surface area contributed by atoms with Crippen molar-refractivity contribution in [1.82, 2.24) is 31.1 Å². The predicted molar refractivity (Wildman–Crippen MR) is 210 cm³/mol. The fourth-order valence-electron chi connectivity index (χ4n) is 7.48. The van der Waals surface area contributed by atoms with Crippen molar-refractivity contribution in [3.8, 4) is 0 Å². The van der Waals surface area contributed by atoms with Crippen molar-refractivity contribution in [1.29, 1.82) is 0 Å². The number of nitrogens with one attached hydrogen (secondary N) is 4. The molecule has 1 aliphatic heterocycles. The van der Waals surface area contributed by atoms with Gasteiger partial charge < -0.3 is 35.8 Å². The van der Waals surface area contributed by atoms with Crippen LogP contribution >= 0.6 is 0 Å². The summed E-state index contributed by atoms with van der Waals surface area (Å²) in [5.74, 6) is -4.52. The van der Waals surface area contributed by atoms with Gasteiger partial charge in [0.2, 0.25) is 29.4 Å². The molecular weight excluding hydrogens is 716 g/mol. The SMILES string of the molecule is CCCC(NC(=O)[C@@H]1[C@@H](c2ccccc2)CCN1C(=O)[C@@H](NC(=O)OCC(C)C)C1CCCCC1)C(=O)C(=O)NCC(=O)N[C@H](C(=O)N(C)C)c1ccccc1. The Balaban J connectivity index is 1.51. The molecule has 1 saturated heterocycles. The Labute approximate surface area is 329 Å². The van der Waals surface area contributed by atoms with E-state index in [0.717, 1.165) is 37.7 Å². The van der Waals surface area contributed by atoms with Crippen LogP contribution in [0.15, 0.2) is 60.7 Å². The maximum absolute atomic E-state index is 14.5. The molecular formula is C42H58N6O8. The van der Waals surface area contributed by atoms with Crippen LogP contribution in [0.5, 0.6) is 0 Å². The highest BCUT2D eigenvalue weighted by Crippen LogP contribution is 2.36. The first-order chi connectivity index (χ1) is 26.8. The summed E-state index contributed by atoms with van der Waals surface area (Å²) in [7, 11) is 3.12. The number of alkyl carbamates (subject to hydrolysis) is 1. The van der Waals surface area contributed by atoms with Crippen LogP contribution in [0.25, 0.3) is 0 Å². The van der Waals surface area contributed by atoms with Crippen LogP contribution in [0.1, 0.15) is 95.2 Å². The van der Waals surface area contributed by atoms with Crippen LogP contribution in [0.3, 0.4) is 0 Å². The third-order valence-corrected chi connectivity index (χ3v) is 10.4. The first-order valence-electron chi connectivity index (χ1n) is 19.8. The molecule has 5 atom stereocenters. The van der Waals surface area contributed by atoms with Gasteiger partial charge in [0, 0.05) is 26.6 Å². The molecule has 1 saturated carbocycles. The first kappa shape index (κ1) is 43.5. The number of hydrogen-bond donors (Lipinski definition) is 4. The van der Waals surface area contributed by atoms with Crippen LogP contribution < -0.4 is 21.3 Å². The van der Waals surface area contributed by atoms with Crippen LogP contribution in [0.4, 0.5) is 4.79 Å². The van der Waals surface area contributed by atoms with Gasteiger partial charge in [0.1, 0.15) is 18.1 Å². The topological polar surface area (TPSA) is 183 Å². The summed E-state index contributed by atoms with van der Waals surface area (Å²) in [6.45, 7) is 5.49. The number of Topliss-reactive ketones (excluding diaryl/α,β-unsaturated/α-hetero) is 1. The highest BCUT2D eigenvalue weighted by molar-refractivity contribution is 6.38. The molecule has 0 bridgehead atoms. The molecule has 1 aliphatic carbocycles. The number of amides is 6. The second kappa shape index (κ2) is 21.1. The highest BCUT2D eigenvalue weighted by Gasteiger charge is 2.47. The Morgan fingerprint density at radius 3 is 2.09 bits per heavy atom. The van der Waals surface area contributed by atoms with Crippen molar-refractivity contribution in [3.63, 3.8) is 0 Å². The molecule has 6 amide bonds. The zero-order valence-corrected chi connectivity index (χ0v) is 33.3. The number of ketones is 1. The lowest BCUT2D eigenvalue weighted by atomic mass is 9.83. The molecule has 4 N–H and O–H groups in total. The standard InChI is InChI=1S/C42H58N6O8/c1-6-16-32(37(50)39(52)43-25-33(49)45-34(40(53)47(4)5)29-19-12-8-13-20-29)44-38(51)36-31(28-17-10-7-11-18-28)23-24-48(36)41(54)35(30-21-14-9-15-22-30)46-42(55)56-26-27(2)3/h7-8,10-13,17-20,27,30-32,34-36H,6,9,14-16,21-26H2,1-5H3,(H,43,52)(H,44,51)(H,45,49)(H,46,55)/t31-,32?,34+,35+,36+/m1/s1. The second-order valence-electron chi connectivity index (χ2n) is 15.3. The van der Waals surface area contributed by atoms with Crippen LogP contribution in [0, 0.1) is 11.8 Å². The van der Waals surface area contributed by atoms with Crippen molar-refractivity contribution in [2.45, 2.75) is 102 Å². The number of likely N-dealkylation sites (N-methyl/N-ethyl adjacent to an activating group) is 1. The molecule has 0 radical (unpaired) electrons. The Morgan fingerprint density at radius 1 is 0.839 bits per heavy atom. The molecule has 1 unspecified atom stereocenters. The second-order valence-corrected chi connectivity index (χ2v) is 15.3. The lowest BCUT2D eigenvalue weighted by Gasteiger charge is -2.35. The van der Waals surface area contributed by atoms with Gasteiger partial charge in [-0.15, -0.1) is 0 Å². The lowest BCUT2D eigenvalue weighted by molar-refractivity contribution is -0.144. The van der Waals surface area contributed by atoms with Gasteiger partial charge in [0.15, 0.2) is 0 Å². The summed E-state index contributed by atoms with van der Waals surface area (Å²) in [5, 5.41) is 10.6. The smallest absolute Gasteiger partial charge is 0.407 e. The van der Waals surface area contributed by atoms with Gasteiger partial charge in [-0.05, 0) is 48.6 Å². The van der Waals surface area contributed by atoms with Gasteiger partial charge in [-0.1, -0.05) is 107 Å². The summed E-state index contributed by atoms with van der Waals surface area (Å²) in [6, 6.07) is 13.8. The normalized spacial score (nSPS) is 18.6. The predicted octanol–water partition coefficient (Wildman–Crippen LogP) is 3.62. The molecule has 1 heterocycles. The van der Waals surface area contributed by atoms with Crippen molar-refractivity contribution < 1.29 is 38.3 Å². The fourth-order valence-corrected chi connectivity index (χ4v) is 7.48. The third kappa shape index (κ3) is 11.9. The van der Waals surface area contributed by atoms with Gasteiger partial charge >= 0.3 is 6.09 Å². The van der Waals surface area contributed by atoms with Crippen molar-refractivity contribution in [3.05, 3.63) is 71.8 Å². The summed E-state index contributed by atoms with van der Waals surface area (Å²) in [5.41, 5.74) is 1.39. The average Bonchev–Trinajstić information content (AvgIpc) is 3.66. The van der Waals surface area contributed by atoms with Crippen LogP contribution in [-0.4, -0.2) is 103 Å². The number of nitrogens with zero attached hydrogens (tertiary/aromatic N) is 2. The van der Waals surface area contributed by atoms with Crippen molar-refractivity contribution >= 4 is 41.4 Å². The zero-order chi connectivity index (χ0) is 40.8. The molecule has 0 aromatic heterocycles. The van der Waals surface area contributed by atoms with E-state index in [9.17, 15) is 33.6 Å². The molecule has 2 fully saturated rings. The number of carbonyl (C=O) groups excluding carboxylic acids is 7. The summed E-state index contributed by atoms with van der Waals surface area (Å²) in [6.07, 6.45) is 4.70. The third-order valence-electron chi connectivity index (χ3n) is 10.4. The quantitative estimate of drug-likeness (QED) is 0.176. The number of hydrogen-bond acceptors (Lipinski definition) is 8. The van der Waals surface area contributed by atoms with Crippen LogP contribution in [0.2, 0.25) is 0 Å².